The number of carbonyl (C=O) groups excluding carboxylic acids is 1. The molecule has 0 amide bonds. The number of hydrogen-bond donors (Lipinski definition) is 1. The Hall–Kier alpha value is -1.95. The molecule has 1 rings (SSSR count). The number of ether oxygens (including phenoxy) is 1. The summed E-state index contributed by atoms with van der Waals surface area (Å²) in [7, 11) is 2.84. The lowest BCUT2D eigenvalue weighted by molar-refractivity contribution is -0.137. The van der Waals surface area contributed by atoms with Crippen LogP contribution in [0.15, 0.2) is 18.2 Å². The fourth-order valence-electron chi connectivity index (χ4n) is 1.46. The Bertz CT molecular complexity index is 461. The molecule has 0 spiro atoms. The fourth-order valence-corrected chi connectivity index (χ4v) is 1.46. The highest BCUT2D eigenvalue weighted by Crippen LogP contribution is 2.18. The van der Waals surface area contributed by atoms with Crippen LogP contribution in [0.3, 0.4) is 0 Å². The maximum Gasteiger partial charge on any atom is 0.317 e. The second-order valence-electron chi connectivity index (χ2n) is 3.84. The van der Waals surface area contributed by atoms with E-state index in [0.29, 0.717) is 0 Å². The smallest absolute Gasteiger partial charge is 0.317 e. The van der Waals surface area contributed by atoms with Gasteiger partial charge in [0.15, 0.2) is 17.3 Å². The monoisotopic (exact) mass is 255 g/mol. The molecule has 98 valence electrons. The summed E-state index contributed by atoms with van der Waals surface area (Å²) < 4.78 is 18.1. The van der Waals surface area contributed by atoms with Gasteiger partial charge in [0.2, 0.25) is 0 Å². The van der Waals surface area contributed by atoms with Gasteiger partial charge in [0, 0.05) is 5.56 Å². The molecule has 0 unspecified atom stereocenters. The molecular weight excluding hydrogens is 241 g/mol. The maximum absolute atomic E-state index is 13.4. The third-order valence-corrected chi connectivity index (χ3v) is 2.29. The molecule has 0 saturated carbocycles. The lowest BCUT2D eigenvalue weighted by atomic mass is 10.1. The molecule has 0 heterocycles. The average Bonchev–Trinajstić information content (AvgIpc) is 2.27. The van der Waals surface area contributed by atoms with Crippen molar-refractivity contribution in [1.29, 1.82) is 0 Å². The van der Waals surface area contributed by atoms with Gasteiger partial charge in [-0.1, -0.05) is 0 Å². The molecule has 5 nitrogen and oxygen atoms in total. The Morgan fingerprint density at radius 3 is 2.56 bits per heavy atom. The minimum absolute atomic E-state index is 0.0606. The molecule has 0 aromatic heterocycles. The van der Waals surface area contributed by atoms with Crippen molar-refractivity contribution in [3.8, 4) is 5.75 Å². The van der Waals surface area contributed by atoms with Crippen molar-refractivity contribution in [3.05, 3.63) is 29.6 Å². The molecular formula is C12H14FNO4. The van der Waals surface area contributed by atoms with Crippen molar-refractivity contribution < 1.29 is 23.8 Å². The Kier molecular flexibility index (Phi) is 4.79. The number of likely N-dealkylation sites (N-methyl/N-ethyl adjacent to an activating group) is 1. The third-order valence-electron chi connectivity index (χ3n) is 2.29. The van der Waals surface area contributed by atoms with Crippen LogP contribution in [-0.4, -0.2) is 49.0 Å². The molecule has 18 heavy (non-hydrogen) atoms. The molecule has 0 aliphatic carbocycles. The van der Waals surface area contributed by atoms with E-state index in [1.165, 1.54) is 31.2 Å². The van der Waals surface area contributed by atoms with Crippen LogP contribution in [0.25, 0.3) is 0 Å². The van der Waals surface area contributed by atoms with Gasteiger partial charge in [-0.3, -0.25) is 14.5 Å². The van der Waals surface area contributed by atoms with Gasteiger partial charge >= 0.3 is 5.97 Å². The number of aliphatic carboxylic acids is 1. The summed E-state index contributed by atoms with van der Waals surface area (Å²) in [5, 5.41) is 8.55. The van der Waals surface area contributed by atoms with Crippen molar-refractivity contribution in [3.63, 3.8) is 0 Å². The van der Waals surface area contributed by atoms with E-state index in [4.69, 9.17) is 9.84 Å². The zero-order valence-electron chi connectivity index (χ0n) is 10.1. The summed E-state index contributed by atoms with van der Waals surface area (Å²) >= 11 is 0. The predicted molar refractivity (Wildman–Crippen MR) is 62.4 cm³/mol. The number of ketones is 1. The van der Waals surface area contributed by atoms with Crippen LogP contribution >= 0.6 is 0 Å². The minimum Gasteiger partial charge on any atom is -0.494 e. The van der Waals surface area contributed by atoms with E-state index >= 15 is 0 Å². The van der Waals surface area contributed by atoms with Crippen LogP contribution in [0.4, 0.5) is 4.39 Å². The van der Waals surface area contributed by atoms with E-state index in [9.17, 15) is 14.0 Å². The number of nitrogens with zero attached hydrogens (tertiary/aromatic N) is 1. The first-order chi connectivity index (χ1) is 8.43. The number of hydrogen-bond acceptors (Lipinski definition) is 4. The van der Waals surface area contributed by atoms with Gasteiger partial charge in [0.1, 0.15) is 0 Å². The van der Waals surface area contributed by atoms with Gasteiger partial charge in [0.25, 0.3) is 0 Å². The first kappa shape index (κ1) is 14.1. The maximum atomic E-state index is 13.4. The fraction of sp³-hybridized carbons (Fsp3) is 0.333. The number of rotatable bonds is 6. The Labute approximate surface area is 104 Å². The standard InChI is InChI=1S/C12H14FNO4/c1-14(7-12(16)17)6-10(15)8-3-4-11(18-2)9(13)5-8/h3-5H,6-7H2,1-2H3,(H,16,17). The molecule has 0 aliphatic heterocycles. The Balaban J connectivity index is 2.72. The molecule has 1 aromatic rings. The lowest BCUT2D eigenvalue weighted by Crippen LogP contribution is -2.31. The first-order valence-electron chi connectivity index (χ1n) is 5.21. The molecule has 0 bridgehead atoms. The van der Waals surface area contributed by atoms with Crippen LogP contribution in [0.1, 0.15) is 10.4 Å². The summed E-state index contributed by atoms with van der Waals surface area (Å²) in [6, 6.07) is 3.88. The number of Topliss-reactive ketones (excluding diaryl/α,β-unsaturated/α-hetero) is 1. The summed E-state index contributed by atoms with van der Waals surface area (Å²) in [4.78, 5) is 23.5. The number of carboxylic acid groups (broad SMARTS) is 1. The van der Waals surface area contributed by atoms with Crippen LogP contribution in [0, 0.1) is 5.82 Å². The zero-order valence-corrected chi connectivity index (χ0v) is 10.1. The van der Waals surface area contributed by atoms with Gasteiger partial charge in [-0.25, -0.2) is 4.39 Å². The normalized spacial score (nSPS) is 10.4. The van der Waals surface area contributed by atoms with Crippen molar-refractivity contribution in [2.45, 2.75) is 0 Å². The topological polar surface area (TPSA) is 66.8 Å². The van der Waals surface area contributed by atoms with Crippen molar-refractivity contribution in [1.82, 2.24) is 4.90 Å². The van der Waals surface area contributed by atoms with Crippen LogP contribution in [-0.2, 0) is 4.79 Å². The van der Waals surface area contributed by atoms with Crippen LogP contribution < -0.4 is 4.74 Å². The molecule has 0 saturated heterocycles. The zero-order chi connectivity index (χ0) is 13.7. The summed E-state index contributed by atoms with van der Waals surface area (Å²) in [6.07, 6.45) is 0. The Morgan fingerprint density at radius 1 is 1.39 bits per heavy atom. The lowest BCUT2D eigenvalue weighted by Gasteiger charge is -2.13. The summed E-state index contributed by atoms with van der Waals surface area (Å²) in [5.74, 6) is -1.93. The molecule has 1 aromatic carbocycles. The van der Waals surface area contributed by atoms with E-state index < -0.39 is 11.8 Å². The van der Waals surface area contributed by atoms with Crippen molar-refractivity contribution >= 4 is 11.8 Å². The Morgan fingerprint density at radius 2 is 2.06 bits per heavy atom. The van der Waals surface area contributed by atoms with Gasteiger partial charge in [0.05, 0.1) is 20.2 Å². The summed E-state index contributed by atoms with van der Waals surface area (Å²) in [6.45, 7) is -0.331. The van der Waals surface area contributed by atoms with Crippen molar-refractivity contribution in [2.75, 3.05) is 27.2 Å². The SMILES string of the molecule is COc1ccc(C(=O)CN(C)CC(=O)O)cc1F. The van der Waals surface area contributed by atoms with Crippen LogP contribution in [0.2, 0.25) is 0 Å². The molecule has 1 N–H and O–H groups in total. The highest BCUT2D eigenvalue weighted by atomic mass is 19.1. The van der Waals surface area contributed by atoms with Gasteiger partial charge in [-0.2, -0.15) is 0 Å². The first-order valence-corrected chi connectivity index (χ1v) is 5.21. The largest absolute Gasteiger partial charge is 0.494 e. The van der Waals surface area contributed by atoms with E-state index in [1.54, 1.807) is 0 Å². The van der Waals surface area contributed by atoms with Gasteiger partial charge in [-0.15, -0.1) is 0 Å². The number of carboxylic acids is 1. The summed E-state index contributed by atoms with van der Waals surface area (Å²) in [5.41, 5.74) is 0.186. The molecule has 0 radical (unpaired) electrons. The van der Waals surface area contributed by atoms with E-state index in [2.05, 4.69) is 0 Å². The molecule has 0 atom stereocenters. The van der Waals surface area contributed by atoms with Gasteiger partial charge in [-0.05, 0) is 25.2 Å². The van der Waals surface area contributed by atoms with Gasteiger partial charge < -0.3 is 9.84 Å². The van der Waals surface area contributed by atoms with E-state index in [0.717, 1.165) is 6.07 Å². The minimum atomic E-state index is -1.02. The third kappa shape index (κ3) is 3.81. The number of carbonyl (C=O) groups is 2. The van der Waals surface area contributed by atoms with E-state index in [-0.39, 0.29) is 30.2 Å². The van der Waals surface area contributed by atoms with Crippen molar-refractivity contribution in [2.24, 2.45) is 0 Å². The predicted octanol–water partition coefficient (Wildman–Crippen LogP) is 1.03. The second-order valence-corrected chi connectivity index (χ2v) is 3.84. The second kappa shape index (κ2) is 6.11. The average molecular weight is 255 g/mol. The number of methoxy groups -OCH3 is 1. The molecule has 6 heteroatoms. The van der Waals surface area contributed by atoms with Crippen LogP contribution in [0.5, 0.6) is 5.75 Å². The number of halogens is 1. The quantitative estimate of drug-likeness (QED) is 0.769. The number of benzene rings is 1. The molecule has 0 fully saturated rings. The molecule has 0 aliphatic rings. The van der Waals surface area contributed by atoms with E-state index in [1.807, 2.05) is 0 Å². The highest BCUT2D eigenvalue weighted by Gasteiger charge is 2.13. The highest BCUT2D eigenvalue weighted by molar-refractivity contribution is 5.97.